The number of benzene rings is 4. The predicted molar refractivity (Wildman–Crippen MR) is 147 cm³/mol. The maximum Gasteiger partial charge on any atom is 0.115 e. The second kappa shape index (κ2) is 11.3. The molecule has 0 fully saturated rings. The quantitative estimate of drug-likeness (QED) is 0.229. The minimum absolute atomic E-state index is 0.289. The van der Waals surface area contributed by atoms with Crippen LogP contribution in [0.3, 0.4) is 0 Å². The lowest BCUT2D eigenvalue weighted by Gasteiger charge is -2.27. The van der Waals surface area contributed by atoms with Gasteiger partial charge in [0, 0.05) is 0 Å². The van der Waals surface area contributed by atoms with Crippen molar-refractivity contribution >= 4 is 0 Å². The summed E-state index contributed by atoms with van der Waals surface area (Å²) in [5, 5.41) is 29.1. The van der Waals surface area contributed by atoms with Crippen LogP contribution in [0.15, 0.2) is 91.0 Å². The van der Waals surface area contributed by atoms with Crippen molar-refractivity contribution in [3.63, 3.8) is 0 Å². The molecule has 0 saturated carbocycles. The largest absolute Gasteiger partial charge is 0.508 e. The van der Waals surface area contributed by atoms with Crippen molar-refractivity contribution in [3.05, 3.63) is 124 Å². The van der Waals surface area contributed by atoms with Crippen LogP contribution in [0.25, 0.3) is 0 Å². The van der Waals surface area contributed by atoms with Crippen LogP contribution in [0.4, 0.5) is 0 Å². The molecule has 36 heavy (non-hydrogen) atoms. The summed E-state index contributed by atoms with van der Waals surface area (Å²) >= 11 is 0. The van der Waals surface area contributed by atoms with Gasteiger partial charge >= 0.3 is 0 Å². The Kier molecular flexibility index (Phi) is 8.00. The topological polar surface area (TPSA) is 60.7 Å². The van der Waals surface area contributed by atoms with Crippen molar-refractivity contribution < 1.29 is 15.3 Å². The second-order valence-corrected chi connectivity index (χ2v) is 10.2. The molecule has 3 unspecified atom stereocenters. The van der Waals surface area contributed by atoms with Crippen molar-refractivity contribution in [1.29, 1.82) is 0 Å². The molecule has 0 bridgehead atoms. The minimum Gasteiger partial charge on any atom is -0.508 e. The van der Waals surface area contributed by atoms with Crippen LogP contribution in [-0.2, 0) is 19.3 Å². The van der Waals surface area contributed by atoms with Gasteiger partial charge in [0.05, 0.1) is 0 Å². The van der Waals surface area contributed by atoms with E-state index in [-0.39, 0.29) is 5.75 Å². The van der Waals surface area contributed by atoms with E-state index in [9.17, 15) is 15.3 Å². The summed E-state index contributed by atoms with van der Waals surface area (Å²) in [6.45, 7) is 6.87. The summed E-state index contributed by atoms with van der Waals surface area (Å²) < 4.78 is 0. The molecule has 0 aliphatic carbocycles. The molecular formula is C33H36O3. The van der Waals surface area contributed by atoms with Gasteiger partial charge in [0.25, 0.3) is 0 Å². The zero-order valence-corrected chi connectivity index (χ0v) is 21.4. The highest BCUT2D eigenvalue weighted by Crippen LogP contribution is 2.37. The zero-order chi connectivity index (χ0) is 25.7. The van der Waals surface area contributed by atoms with Crippen molar-refractivity contribution in [2.45, 2.75) is 57.8 Å². The Morgan fingerprint density at radius 2 is 0.750 bits per heavy atom. The minimum atomic E-state index is 0.289. The lowest BCUT2D eigenvalue weighted by Crippen LogP contribution is -2.13. The van der Waals surface area contributed by atoms with Gasteiger partial charge < -0.3 is 15.3 Å². The van der Waals surface area contributed by atoms with Crippen LogP contribution >= 0.6 is 0 Å². The molecule has 0 radical (unpaired) electrons. The Balaban J connectivity index is 1.68. The van der Waals surface area contributed by atoms with Gasteiger partial charge in [-0.2, -0.15) is 0 Å². The second-order valence-electron chi connectivity index (χ2n) is 10.2. The van der Waals surface area contributed by atoms with Crippen molar-refractivity contribution in [3.8, 4) is 17.2 Å². The van der Waals surface area contributed by atoms with Crippen molar-refractivity contribution in [1.82, 2.24) is 0 Å². The fourth-order valence-electron chi connectivity index (χ4n) is 5.31. The molecule has 0 aliphatic heterocycles. The van der Waals surface area contributed by atoms with E-state index in [0.717, 1.165) is 19.3 Å². The fourth-order valence-corrected chi connectivity index (χ4v) is 5.31. The van der Waals surface area contributed by atoms with E-state index in [4.69, 9.17) is 0 Å². The zero-order valence-electron chi connectivity index (χ0n) is 21.4. The molecule has 0 aromatic heterocycles. The third-order valence-corrected chi connectivity index (χ3v) is 7.16. The third-order valence-electron chi connectivity index (χ3n) is 7.16. The summed E-state index contributed by atoms with van der Waals surface area (Å²) in [6.07, 6.45) is 2.69. The molecule has 0 saturated heterocycles. The van der Waals surface area contributed by atoms with E-state index in [0.29, 0.717) is 29.3 Å². The predicted octanol–water partition coefficient (Wildman–Crippen LogP) is 7.84. The van der Waals surface area contributed by atoms with Gasteiger partial charge in [-0.05, 0) is 107 Å². The Bertz CT molecular complexity index is 1190. The van der Waals surface area contributed by atoms with Crippen LogP contribution in [0.2, 0.25) is 0 Å². The highest BCUT2D eigenvalue weighted by molar-refractivity contribution is 5.44. The van der Waals surface area contributed by atoms with Gasteiger partial charge in [0.1, 0.15) is 17.2 Å². The molecule has 3 atom stereocenters. The van der Waals surface area contributed by atoms with Gasteiger partial charge in [0.15, 0.2) is 0 Å². The Morgan fingerprint density at radius 3 is 1.08 bits per heavy atom. The SMILES string of the molecule is CC(Cc1ccc(O)cc1)c1cccc(C(C)Cc2ccc(O)cc2)c1C(C)Cc1ccc(O)cc1. The van der Waals surface area contributed by atoms with Gasteiger partial charge in [-0.3, -0.25) is 0 Å². The van der Waals surface area contributed by atoms with Crippen LogP contribution in [-0.4, -0.2) is 15.3 Å². The smallest absolute Gasteiger partial charge is 0.115 e. The number of aromatic hydroxyl groups is 3. The fraction of sp³-hybridized carbons (Fsp3) is 0.273. The first-order valence-corrected chi connectivity index (χ1v) is 12.8. The van der Waals surface area contributed by atoms with Crippen LogP contribution < -0.4 is 0 Å². The van der Waals surface area contributed by atoms with E-state index in [2.05, 4.69) is 39.0 Å². The van der Waals surface area contributed by atoms with E-state index in [1.165, 1.54) is 33.4 Å². The van der Waals surface area contributed by atoms with Crippen molar-refractivity contribution in [2.75, 3.05) is 0 Å². The van der Waals surface area contributed by atoms with Gasteiger partial charge in [-0.1, -0.05) is 75.4 Å². The maximum atomic E-state index is 9.72. The molecule has 3 N–H and O–H groups in total. The molecule has 3 heteroatoms. The van der Waals surface area contributed by atoms with Gasteiger partial charge in [-0.15, -0.1) is 0 Å². The van der Waals surface area contributed by atoms with Crippen LogP contribution in [0.5, 0.6) is 17.2 Å². The standard InChI is InChI=1S/C33H36O3/c1-22(19-25-7-13-28(34)14-8-25)31-5-4-6-32(23(2)20-26-9-15-29(35)16-10-26)33(31)24(3)21-27-11-17-30(36)18-12-27/h4-18,22-24,34-36H,19-21H2,1-3H3. The maximum absolute atomic E-state index is 9.72. The molecule has 0 amide bonds. The summed E-state index contributed by atoms with van der Waals surface area (Å²) in [7, 11) is 0. The van der Waals surface area contributed by atoms with E-state index < -0.39 is 0 Å². The average molecular weight is 481 g/mol. The van der Waals surface area contributed by atoms with E-state index in [1.54, 1.807) is 36.4 Å². The third kappa shape index (κ3) is 6.28. The molecule has 186 valence electrons. The first-order chi connectivity index (χ1) is 17.3. The lowest BCUT2D eigenvalue weighted by atomic mass is 9.77. The Morgan fingerprint density at radius 1 is 0.444 bits per heavy atom. The Hall–Kier alpha value is -3.72. The molecule has 4 aromatic rings. The number of rotatable bonds is 9. The molecular weight excluding hydrogens is 444 g/mol. The van der Waals surface area contributed by atoms with Crippen LogP contribution in [0.1, 0.15) is 71.9 Å². The monoisotopic (exact) mass is 480 g/mol. The summed E-state index contributed by atoms with van der Waals surface area (Å²) in [5.41, 5.74) is 7.76. The molecule has 3 nitrogen and oxygen atoms in total. The normalized spacial score (nSPS) is 13.8. The molecule has 4 rings (SSSR count). The van der Waals surface area contributed by atoms with Crippen molar-refractivity contribution in [2.24, 2.45) is 0 Å². The molecule has 0 heterocycles. The number of hydrogen-bond acceptors (Lipinski definition) is 3. The summed E-state index contributed by atoms with van der Waals surface area (Å²) in [4.78, 5) is 0. The van der Waals surface area contributed by atoms with E-state index in [1.807, 2.05) is 36.4 Å². The number of hydrogen-bond donors (Lipinski definition) is 3. The first kappa shape index (κ1) is 25.4. The first-order valence-electron chi connectivity index (χ1n) is 12.8. The summed E-state index contributed by atoms with van der Waals surface area (Å²) in [5.74, 6) is 1.79. The molecule has 4 aromatic carbocycles. The molecule has 0 spiro atoms. The lowest BCUT2D eigenvalue weighted by molar-refractivity contribution is 0.474. The average Bonchev–Trinajstić information content (AvgIpc) is 2.87. The van der Waals surface area contributed by atoms with Gasteiger partial charge in [-0.25, -0.2) is 0 Å². The molecule has 0 aliphatic rings. The highest BCUT2D eigenvalue weighted by Gasteiger charge is 2.22. The van der Waals surface area contributed by atoms with E-state index >= 15 is 0 Å². The van der Waals surface area contributed by atoms with Crippen LogP contribution in [0, 0.1) is 0 Å². The summed E-state index contributed by atoms with van der Waals surface area (Å²) in [6, 6.07) is 29.3. The van der Waals surface area contributed by atoms with Gasteiger partial charge in [0.2, 0.25) is 0 Å². The Labute approximate surface area is 214 Å². The number of phenolic OH excluding ortho intramolecular Hbond substituents is 3. The number of phenols is 3. The highest BCUT2D eigenvalue weighted by atomic mass is 16.3.